The summed E-state index contributed by atoms with van der Waals surface area (Å²) in [6.07, 6.45) is 7.70. The van der Waals surface area contributed by atoms with Gasteiger partial charge >= 0.3 is 6.01 Å². The number of rotatable bonds is 7. The molecule has 0 bridgehead atoms. The Morgan fingerprint density at radius 2 is 2.12 bits per heavy atom. The molecule has 1 aromatic carbocycles. The third-order valence-electron chi connectivity index (χ3n) is 5.67. The number of nitrogens with zero attached hydrogens (tertiary/aromatic N) is 6. The largest absolute Gasteiger partial charge is 0.459 e. The van der Waals surface area contributed by atoms with E-state index in [4.69, 9.17) is 14.7 Å². The molecule has 2 N–H and O–H groups in total. The number of hydrogen-bond donors (Lipinski definition) is 2. The molecule has 0 unspecified atom stereocenters. The molecular weight excluding hydrogens is 404 g/mol. The maximum absolute atomic E-state index is 6.16. The second-order valence-electron chi connectivity index (χ2n) is 8.29. The molecule has 166 valence electrons. The predicted molar refractivity (Wildman–Crippen MR) is 123 cm³/mol. The molecule has 9 nitrogen and oxygen atoms in total. The Hall–Kier alpha value is -3.46. The molecule has 5 rings (SSSR count). The summed E-state index contributed by atoms with van der Waals surface area (Å²) < 4.78 is 10.1. The van der Waals surface area contributed by atoms with Gasteiger partial charge in [-0.25, -0.2) is 9.67 Å². The van der Waals surface area contributed by atoms with E-state index in [9.17, 15) is 0 Å². The monoisotopic (exact) mass is 432 g/mol. The zero-order chi connectivity index (χ0) is 21.9. The number of para-hydroxylation sites is 1. The van der Waals surface area contributed by atoms with Crippen LogP contribution in [0.25, 0.3) is 16.9 Å². The summed E-state index contributed by atoms with van der Waals surface area (Å²) in [6, 6.07) is 10.7. The van der Waals surface area contributed by atoms with E-state index in [0.29, 0.717) is 18.4 Å². The van der Waals surface area contributed by atoms with Gasteiger partial charge in [0.2, 0.25) is 0 Å². The minimum absolute atomic E-state index is 0.0741. The maximum Gasteiger partial charge on any atom is 0.320 e. The summed E-state index contributed by atoms with van der Waals surface area (Å²) >= 11 is 0. The lowest BCUT2D eigenvalue weighted by atomic mass is 10.1. The van der Waals surface area contributed by atoms with Gasteiger partial charge in [-0.1, -0.05) is 18.2 Å². The predicted octanol–water partition coefficient (Wildman–Crippen LogP) is 3.34. The van der Waals surface area contributed by atoms with Gasteiger partial charge in [0.05, 0.1) is 12.0 Å². The molecule has 4 aromatic rings. The van der Waals surface area contributed by atoms with Crippen LogP contribution in [0.2, 0.25) is 0 Å². The summed E-state index contributed by atoms with van der Waals surface area (Å²) in [6.45, 7) is 6.64. The number of piperidine rings is 1. The van der Waals surface area contributed by atoms with Crippen molar-refractivity contribution in [2.75, 3.05) is 18.4 Å². The fraction of sp³-hybridized carbons (Fsp3) is 0.391. The van der Waals surface area contributed by atoms with Gasteiger partial charge in [-0.2, -0.15) is 15.1 Å². The van der Waals surface area contributed by atoms with Crippen molar-refractivity contribution in [3.63, 3.8) is 0 Å². The van der Waals surface area contributed by atoms with Crippen LogP contribution in [0, 0.1) is 0 Å². The van der Waals surface area contributed by atoms with Crippen LogP contribution < -0.4 is 15.4 Å². The molecule has 4 heterocycles. The van der Waals surface area contributed by atoms with Crippen molar-refractivity contribution in [3.05, 3.63) is 54.6 Å². The van der Waals surface area contributed by atoms with Crippen molar-refractivity contribution < 1.29 is 4.74 Å². The summed E-state index contributed by atoms with van der Waals surface area (Å²) in [4.78, 5) is 14.0. The molecule has 0 saturated carbocycles. The Labute approximate surface area is 186 Å². The van der Waals surface area contributed by atoms with Crippen LogP contribution in [0.1, 0.15) is 38.3 Å². The maximum atomic E-state index is 6.16. The summed E-state index contributed by atoms with van der Waals surface area (Å²) in [5.74, 6) is 0.670. The first-order valence-electron chi connectivity index (χ1n) is 11.1. The van der Waals surface area contributed by atoms with E-state index in [-0.39, 0.29) is 12.1 Å². The first-order chi connectivity index (χ1) is 15.7. The Morgan fingerprint density at radius 1 is 1.22 bits per heavy atom. The molecule has 1 atom stereocenters. The van der Waals surface area contributed by atoms with Gasteiger partial charge in [-0.05, 0) is 50.9 Å². The van der Waals surface area contributed by atoms with Crippen LogP contribution in [0.5, 0.6) is 6.01 Å². The average Bonchev–Trinajstić information content (AvgIpc) is 3.49. The van der Waals surface area contributed by atoms with Crippen molar-refractivity contribution in [2.45, 2.75) is 45.4 Å². The topological polar surface area (TPSA) is 94.7 Å². The highest BCUT2D eigenvalue weighted by Gasteiger charge is 2.20. The van der Waals surface area contributed by atoms with Crippen LogP contribution in [0.3, 0.4) is 0 Å². The van der Waals surface area contributed by atoms with E-state index in [1.165, 1.54) is 0 Å². The smallest absolute Gasteiger partial charge is 0.320 e. The van der Waals surface area contributed by atoms with E-state index in [1.807, 2.05) is 40.0 Å². The van der Waals surface area contributed by atoms with E-state index in [2.05, 4.69) is 46.7 Å². The van der Waals surface area contributed by atoms with Gasteiger partial charge < -0.3 is 19.9 Å². The minimum Gasteiger partial charge on any atom is -0.459 e. The number of fused-ring (bicyclic) bond motifs is 1. The number of hydrogen-bond acceptors (Lipinski definition) is 7. The molecule has 0 radical (unpaired) electrons. The lowest BCUT2D eigenvalue weighted by Crippen LogP contribution is -2.37. The van der Waals surface area contributed by atoms with Gasteiger partial charge in [0.1, 0.15) is 6.10 Å². The van der Waals surface area contributed by atoms with Crippen LogP contribution in [-0.2, 0) is 6.54 Å². The van der Waals surface area contributed by atoms with Crippen molar-refractivity contribution in [2.24, 2.45) is 0 Å². The fourth-order valence-electron chi connectivity index (χ4n) is 3.99. The highest BCUT2D eigenvalue weighted by atomic mass is 16.5. The van der Waals surface area contributed by atoms with Gasteiger partial charge in [-0.3, -0.25) is 0 Å². The van der Waals surface area contributed by atoms with Crippen molar-refractivity contribution in [1.29, 1.82) is 0 Å². The Balaban J connectivity index is 1.46. The fourth-order valence-corrected chi connectivity index (χ4v) is 3.99. The summed E-state index contributed by atoms with van der Waals surface area (Å²) in [5.41, 5.74) is 3.64. The lowest BCUT2D eigenvalue weighted by molar-refractivity contribution is 0.154. The molecule has 3 aromatic heterocycles. The highest BCUT2D eigenvalue weighted by Crippen LogP contribution is 2.26. The molecular formula is C23H28N8O. The molecule has 1 aliphatic rings. The lowest BCUT2D eigenvalue weighted by Gasteiger charge is -2.23. The van der Waals surface area contributed by atoms with E-state index in [1.54, 1.807) is 6.20 Å². The first kappa shape index (κ1) is 20.4. The normalized spacial score (nSPS) is 16.5. The van der Waals surface area contributed by atoms with Crippen LogP contribution in [-0.4, -0.2) is 48.5 Å². The third-order valence-corrected chi connectivity index (χ3v) is 5.67. The third kappa shape index (κ3) is 4.16. The van der Waals surface area contributed by atoms with Crippen molar-refractivity contribution >= 4 is 17.0 Å². The average molecular weight is 433 g/mol. The minimum atomic E-state index is 0.0741. The molecule has 32 heavy (non-hydrogen) atoms. The highest BCUT2D eigenvalue weighted by molar-refractivity contribution is 5.83. The van der Waals surface area contributed by atoms with Gasteiger partial charge in [0.25, 0.3) is 0 Å². The van der Waals surface area contributed by atoms with Crippen molar-refractivity contribution in [3.8, 4) is 11.7 Å². The first-order valence-corrected chi connectivity index (χ1v) is 11.1. The number of nitrogens with one attached hydrogen (secondary N) is 2. The molecule has 0 amide bonds. The van der Waals surface area contributed by atoms with Gasteiger partial charge in [-0.15, -0.1) is 0 Å². The molecule has 1 aliphatic heterocycles. The quantitative estimate of drug-likeness (QED) is 0.462. The van der Waals surface area contributed by atoms with Crippen molar-refractivity contribution in [1.82, 2.24) is 34.6 Å². The van der Waals surface area contributed by atoms with E-state index < -0.39 is 0 Å². The SMILES string of the molecule is CC(C)n1cnc2c(NCc3ccccc3-n3cccn3)nc(O[C@@H]3CCCNC3)nc21. The number of aromatic nitrogens is 6. The number of ether oxygens (including phenoxy) is 1. The molecule has 9 heteroatoms. The number of benzene rings is 1. The van der Waals surface area contributed by atoms with E-state index in [0.717, 1.165) is 48.3 Å². The van der Waals surface area contributed by atoms with E-state index >= 15 is 0 Å². The number of anilines is 1. The second-order valence-corrected chi connectivity index (χ2v) is 8.29. The summed E-state index contributed by atoms with van der Waals surface area (Å²) in [5, 5.41) is 11.2. The molecule has 1 fully saturated rings. The zero-order valence-corrected chi connectivity index (χ0v) is 18.4. The summed E-state index contributed by atoms with van der Waals surface area (Å²) in [7, 11) is 0. The molecule has 0 aliphatic carbocycles. The Kier molecular flexibility index (Phi) is 5.72. The standard InChI is InChI=1S/C23H28N8O/c1-16(2)30-15-26-20-21(28-23(29-22(20)30)32-18-8-5-10-24-14-18)25-13-17-7-3-4-9-19(17)31-12-6-11-27-31/h3-4,6-7,9,11-12,15-16,18,24H,5,8,10,13-14H2,1-2H3,(H,25,28,29)/t18-/m1/s1. The Morgan fingerprint density at radius 3 is 2.91 bits per heavy atom. The Bertz CT molecular complexity index is 1180. The van der Waals surface area contributed by atoms with Crippen LogP contribution >= 0.6 is 0 Å². The van der Waals surface area contributed by atoms with Crippen LogP contribution in [0.15, 0.2) is 49.1 Å². The number of imidazole rings is 1. The second kappa shape index (κ2) is 8.96. The zero-order valence-electron chi connectivity index (χ0n) is 18.4. The molecule has 0 spiro atoms. The van der Waals surface area contributed by atoms with Gasteiger partial charge in [0.15, 0.2) is 17.0 Å². The van der Waals surface area contributed by atoms with Crippen LogP contribution in [0.4, 0.5) is 5.82 Å². The molecule has 1 saturated heterocycles. The van der Waals surface area contributed by atoms with Gasteiger partial charge in [0, 0.05) is 31.5 Å².